The van der Waals surface area contributed by atoms with Crippen LogP contribution in [0.15, 0.2) is 188 Å². The van der Waals surface area contributed by atoms with Crippen molar-refractivity contribution in [2.75, 3.05) is 0 Å². The highest BCUT2D eigenvalue weighted by molar-refractivity contribution is 6.23. The first-order valence-electron chi connectivity index (χ1n) is 19.3. The van der Waals surface area contributed by atoms with Crippen molar-refractivity contribution in [1.29, 1.82) is 0 Å². The maximum atomic E-state index is 4.80. The Morgan fingerprint density at radius 2 is 0.911 bits per heavy atom. The summed E-state index contributed by atoms with van der Waals surface area (Å²) in [4.78, 5) is 0. The highest BCUT2D eigenvalue weighted by Gasteiger charge is 2.36. The Hall–Kier alpha value is -7.10. The molecule has 0 unspecified atom stereocenters. The van der Waals surface area contributed by atoms with Gasteiger partial charge in [0.2, 0.25) is 0 Å². The van der Waals surface area contributed by atoms with Crippen LogP contribution in [0, 0.1) is 0 Å². The molecule has 0 radical (unpaired) electrons. The van der Waals surface area contributed by atoms with Gasteiger partial charge < -0.3 is 0 Å². The number of para-hydroxylation sites is 1. The molecule has 0 atom stereocenters. The van der Waals surface area contributed by atoms with Gasteiger partial charge >= 0.3 is 0 Å². The Balaban J connectivity index is 1.16. The molecule has 264 valence electrons. The highest BCUT2D eigenvalue weighted by Crippen LogP contribution is 2.53. The van der Waals surface area contributed by atoms with E-state index in [9.17, 15) is 0 Å². The molecule has 3 heteroatoms. The second-order valence-electron chi connectivity index (χ2n) is 15.4. The molecule has 9 aromatic carbocycles. The average molecular weight is 716 g/mol. The summed E-state index contributed by atoms with van der Waals surface area (Å²) in [6, 6.07) is 68.1. The van der Waals surface area contributed by atoms with Crippen LogP contribution in [-0.2, 0) is 5.41 Å². The SMILES string of the molecule is CC1(C)c2ccccc2-c2cc3c(-c4ccc(-c5nnc(-c6ccccc6)n5-c5ccccc5)cc4)c4ccccc4c(-c4ccc5ccccc5c4)c3cc21. The Morgan fingerprint density at radius 3 is 1.64 bits per heavy atom. The monoisotopic (exact) mass is 715 g/mol. The molecular weight excluding hydrogens is 679 g/mol. The van der Waals surface area contributed by atoms with Gasteiger partial charge in [0, 0.05) is 22.2 Å². The van der Waals surface area contributed by atoms with Crippen molar-refractivity contribution in [1.82, 2.24) is 14.8 Å². The number of fused-ring (bicyclic) bond motifs is 6. The minimum Gasteiger partial charge on any atom is -0.275 e. The Bertz CT molecular complexity index is 3140. The van der Waals surface area contributed by atoms with Crippen LogP contribution in [0.5, 0.6) is 0 Å². The van der Waals surface area contributed by atoms with Gasteiger partial charge in [0.25, 0.3) is 0 Å². The summed E-state index contributed by atoms with van der Waals surface area (Å²) in [5, 5.41) is 17.0. The van der Waals surface area contributed by atoms with Crippen molar-refractivity contribution in [2.45, 2.75) is 19.3 Å². The van der Waals surface area contributed by atoms with E-state index in [-0.39, 0.29) is 5.41 Å². The van der Waals surface area contributed by atoms with E-state index < -0.39 is 0 Å². The number of benzene rings is 9. The molecule has 1 aromatic heterocycles. The van der Waals surface area contributed by atoms with E-state index in [0.29, 0.717) is 0 Å². The molecule has 1 aliphatic rings. The molecule has 11 rings (SSSR count). The topological polar surface area (TPSA) is 30.7 Å². The van der Waals surface area contributed by atoms with Gasteiger partial charge in [-0.3, -0.25) is 4.57 Å². The van der Waals surface area contributed by atoms with Gasteiger partial charge in [-0.15, -0.1) is 10.2 Å². The van der Waals surface area contributed by atoms with Crippen LogP contribution in [-0.4, -0.2) is 14.8 Å². The molecule has 1 heterocycles. The molecule has 0 aliphatic heterocycles. The molecular formula is C53H37N3. The first-order chi connectivity index (χ1) is 27.5. The predicted molar refractivity (Wildman–Crippen MR) is 233 cm³/mol. The van der Waals surface area contributed by atoms with Crippen LogP contribution in [0.3, 0.4) is 0 Å². The minimum atomic E-state index is -0.123. The van der Waals surface area contributed by atoms with E-state index in [4.69, 9.17) is 10.2 Å². The van der Waals surface area contributed by atoms with Crippen LogP contribution in [0.25, 0.3) is 94.2 Å². The molecule has 0 saturated heterocycles. The first-order valence-corrected chi connectivity index (χ1v) is 19.3. The fourth-order valence-corrected chi connectivity index (χ4v) is 9.19. The van der Waals surface area contributed by atoms with Crippen molar-refractivity contribution in [3.63, 3.8) is 0 Å². The summed E-state index contributed by atoms with van der Waals surface area (Å²) in [5.74, 6) is 1.62. The molecule has 0 bridgehead atoms. The summed E-state index contributed by atoms with van der Waals surface area (Å²) in [6.45, 7) is 4.74. The van der Waals surface area contributed by atoms with Crippen LogP contribution in [0.4, 0.5) is 0 Å². The van der Waals surface area contributed by atoms with Crippen LogP contribution in [0.1, 0.15) is 25.0 Å². The number of hydrogen-bond acceptors (Lipinski definition) is 2. The third-order valence-electron chi connectivity index (χ3n) is 11.9. The van der Waals surface area contributed by atoms with Gasteiger partial charge in [-0.1, -0.05) is 172 Å². The standard InChI is InChI=1S/C53H37N3/c1-53(2)47-24-14-13-21-41(47)44-32-45-46(33-48(44)53)50(39-30-25-34-15-9-10-18-38(34)31-39)43-23-12-11-22-42(43)49(45)35-26-28-37(29-27-35)52-55-54-51(36-16-5-3-6-17-36)56(52)40-19-7-4-8-20-40/h3-33H,1-2H3. The zero-order chi connectivity index (χ0) is 37.4. The summed E-state index contributed by atoms with van der Waals surface area (Å²) in [5.41, 5.74) is 13.2. The first kappa shape index (κ1) is 32.3. The van der Waals surface area contributed by atoms with Crippen molar-refractivity contribution >= 4 is 32.3 Å². The van der Waals surface area contributed by atoms with Crippen molar-refractivity contribution in [2.24, 2.45) is 0 Å². The number of hydrogen-bond donors (Lipinski definition) is 0. The zero-order valence-corrected chi connectivity index (χ0v) is 31.2. The van der Waals surface area contributed by atoms with E-state index in [1.165, 1.54) is 76.8 Å². The van der Waals surface area contributed by atoms with Gasteiger partial charge in [0.1, 0.15) is 0 Å². The van der Waals surface area contributed by atoms with Gasteiger partial charge in [0.15, 0.2) is 11.6 Å². The lowest BCUT2D eigenvalue weighted by atomic mass is 9.79. The third-order valence-corrected chi connectivity index (χ3v) is 11.9. The summed E-state index contributed by atoms with van der Waals surface area (Å²) in [7, 11) is 0. The predicted octanol–water partition coefficient (Wildman–Crippen LogP) is 13.7. The van der Waals surface area contributed by atoms with Crippen molar-refractivity contribution in [3.8, 4) is 61.8 Å². The molecule has 56 heavy (non-hydrogen) atoms. The molecule has 1 aliphatic carbocycles. The maximum Gasteiger partial charge on any atom is 0.168 e. The third kappa shape index (κ3) is 4.91. The van der Waals surface area contributed by atoms with E-state index >= 15 is 0 Å². The number of nitrogens with zero attached hydrogens (tertiary/aromatic N) is 3. The summed E-state index contributed by atoms with van der Waals surface area (Å²) in [6.07, 6.45) is 0. The molecule has 0 fully saturated rings. The van der Waals surface area contributed by atoms with Crippen molar-refractivity contribution < 1.29 is 0 Å². The van der Waals surface area contributed by atoms with E-state index in [2.05, 4.69) is 182 Å². The Kier molecular flexibility index (Phi) is 7.20. The molecule has 0 amide bonds. The molecule has 0 spiro atoms. The largest absolute Gasteiger partial charge is 0.275 e. The van der Waals surface area contributed by atoms with E-state index in [0.717, 1.165) is 28.5 Å². The number of aromatic nitrogens is 3. The minimum absolute atomic E-state index is 0.123. The normalized spacial score (nSPS) is 13.0. The zero-order valence-electron chi connectivity index (χ0n) is 31.2. The Labute approximate surface area is 326 Å². The van der Waals surface area contributed by atoms with Crippen LogP contribution in [0.2, 0.25) is 0 Å². The lowest BCUT2D eigenvalue weighted by molar-refractivity contribution is 0.661. The molecule has 0 saturated carbocycles. The number of rotatable bonds is 5. The Morgan fingerprint density at radius 1 is 0.375 bits per heavy atom. The summed E-state index contributed by atoms with van der Waals surface area (Å²) < 4.78 is 2.16. The lowest BCUT2D eigenvalue weighted by Crippen LogP contribution is -2.14. The molecule has 3 nitrogen and oxygen atoms in total. The fraction of sp³-hybridized carbons (Fsp3) is 0.0566. The van der Waals surface area contributed by atoms with Gasteiger partial charge in [0.05, 0.1) is 0 Å². The van der Waals surface area contributed by atoms with Gasteiger partial charge in [-0.2, -0.15) is 0 Å². The van der Waals surface area contributed by atoms with Gasteiger partial charge in [-0.05, 0) is 107 Å². The van der Waals surface area contributed by atoms with E-state index in [1.807, 2.05) is 24.3 Å². The quantitative estimate of drug-likeness (QED) is 0.166. The smallest absolute Gasteiger partial charge is 0.168 e. The van der Waals surface area contributed by atoms with Crippen LogP contribution >= 0.6 is 0 Å². The fourth-order valence-electron chi connectivity index (χ4n) is 9.19. The van der Waals surface area contributed by atoms with E-state index in [1.54, 1.807) is 0 Å². The molecule has 10 aromatic rings. The van der Waals surface area contributed by atoms with Gasteiger partial charge in [-0.25, -0.2) is 0 Å². The average Bonchev–Trinajstić information content (AvgIpc) is 3.79. The molecule has 0 N–H and O–H groups in total. The second kappa shape index (κ2) is 12.5. The second-order valence-corrected chi connectivity index (χ2v) is 15.4. The highest BCUT2D eigenvalue weighted by atomic mass is 15.3. The maximum absolute atomic E-state index is 4.80. The van der Waals surface area contributed by atoms with Crippen LogP contribution < -0.4 is 0 Å². The lowest BCUT2D eigenvalue weighted by Gasteiger charge is -2.24. The summed E-state index contributed by atoms with van der Waals surface area (Å²) >= 11 is 0. The van der Waals surface area contributed by atoms with Crippen molar-refractivity contribution in [3.05, 3.63) is 199 Å².